The first-order valence-corrected chi connectivity index (χ1v) is 9.03. The SMILES string of the molecule is O=C(CSc1ccc(C(F)(F)F)cc1[N+](=O)[O-])NCCc1ccc(Cl)cc1. The van der Waals surface area contributed by atoms with Crippen molar-refractivity contribution in [3.05, 3.63) is 68.7 Å². The Balaban J connectivity index is 1.90. The molecule has 1 N–H and O–H groups in total. The molecule has 27 heavy (non-hydrogen) atoms. The number of nitro benzene ring substituents is 1. The van der Waals surface area contributed by atoms with E-state index in [1.54, 1.807) is 12.1 Å². The molecule has 0 saturated carbocycles. The predicted molar refractivity (Wildman–Crippen MR) is 97.0 cm³/mol. The highest BCUT2D eigenvalue weighted by atomic mass is 35.5. The van der Waals surface area contributed by atoms with Crippen molar-refractivity contribution in [3.8, 4) is 0 Å². The maximum absolute atomic E-state index is 12.7. The highest BCUT2D eigenvalue weighted by Crippen LogP contribution is 2.36. The van der Waals surface area contributed by atoms with Gasteiger partial charge in [0.2, 0.25) is 5.91 Å². The second-order valence-electron chi connectivity index (χ2n) is 5.45. The van der Waals surface area contributed by atoms with Crippen molar-refractivity contribution in [2.45, 2.75) is 17.5 Å². The minimum Gasteiger partial charge on any atom is -0.355 e. The Bertz CT molecular complexity index is 829. The van der Waals surface area contributed by atoms with Crippen LogP contribution in [0.2, 0.25) is 5.02 Å². The number of nitrogens with zero attached hydrogens (tertiary/aromatic N) is 1. The van der Waals surface area contributed by atoms with Crippen molar-refractivity contribution in [2.75, 3.05) is 12.3 Å². The van der Waals surface area contributed by atoms with E-state index in [0.29, 0.717) is 24.1 Å². The number of hydrogen-bond donors (Lipinski definition) is 1. The summed E-state index contributed by atoms with van der Waals surface area (Å²) in [4.78, 5) is 22.0. The molecule has 0 aromatic heterocycles. The van der Waals surface area contributed by atoms with Gasteiger partial charge in [0.05, 0.1) is 21.1 Å². The smallest absolute Gasteiger partial charge is 0.355 e. The number of carbonyl (C=O) groups is 1. The number of amides is 1. The number of alkyl halides is 3. The Morgan fingerprint density at radius 2 is 1.85 bits per heavy atom. The van der Waals surface area contributed by atoms with Crippen LogP contribution in [-0.2, 0) is 17.4 Å². The van der Waals surface area contributed by atoms with Gasteiger partial charge in [-0.1, -0.05) is 23.7 Å². The van der Waals surface area contributed by atoms with Gasteiger partial charge in [-0.2, -0.15) is 13.2 Å². The molecule has 0 atom stereocenters. The van der Waals surface area contributed by atoms with Gasteiger partial charge >= 0.3 is 6.18 Å². The number of thioether (sulfide) groups is 1. The van der Waals surface area contributed by atoms with Crippen molar-refractivity contribution in [2.24, 2.45) is 0 Å². The van der Waals surface area contributed by atoms with Crippen LogP contribution in [0.5, 0.6) is 0 Å². The molecule has 5 nitrogen and oxygen atoms in total. The van der Waals surface area contributed by atoms with Crippen LogP contribution in [0.15, 0.2) is 47.4 Å². The standard InChI is InChI=1S/C17H14ClF3N2O3S/c18-13-4-1-11(2-5-13)7-8-22-16(24)10-27-15-6-3-12(17(19,20)21)9-14(15)23(25)26/h1-6,9H,7-8,10H2,(H,22,24). The molecule has 0 heterocycles. The summed E-state index contributed by atoms with van der Waals surface area (Å²) in [5.41, 5.74) is -0.805. The van der Waals surface area contributed by atoms with E-state index in [4.69, 9.17) is 11.6 Å². The van der Waals surface area contributed by atoms with Gasteiger partial charge in [-0.05, 0) is 36.2 Å². The first-order chi connectivity index (χ1) is 12.7. The molecule has 0 aliphatic heterocycles. The third-order valence-electron chi connectivity index (χ3n) is 3.49. The lowest BCUT2D eigenvalue weighted by Gasteiger charge is -2.09. The molecule has 1 amide bonds. The van der Waals surface area contributed by atoms with Gasteiger partial charge in [0.1, 0.15) is 0 Å². The van der Waals surface area contributed by atoms with Crippen molar-refractivity contribution in [1.82, 2.24) is 5.32 Å². The number of nitrogens with one attached hydrogen (secondary N) is 1. The molecule has 144 valence electrons. The van der Waals surface area contributed by atoms with Crippen LogP contribution in [-0.4, -0.2) is 23.1 Å². The minimum atomic E-state index is -4.67. The zero-order valence-electron chi connectivity index (χ0n) is 13.8. The average Bonchev–Trinajstić information content (AvgIpc) is 2.60. The molecule has 2 aromatic rings. The van der Waals surface area contributed by atoms with Gasteiger partial charge < -0.3 is 5.32 Å². The minimum absolute atomic E-state index is 0.000788. The van der Waals surface area contributed by atoms with Gasteiger partial charge in [-0.15, -0.1) is 11.8 Å². The predicted octanol–water partition coefficient (Wildman–Crippen LogP) is 4.72. The summed E-state index contributed by atoms with van der Waals surface area (Å²) in [6.07, 6.45) is -4.10. The highest BCUT2D eigenvalue weighted by Gasteiger charge is 2.33. The molecule has 0 aliphatic rings. The molecule has 0 spiro atoms. The summed E-state index contributed by atoms with van der Waals surface area (Å²) in [5, 5.41) is 14.3. The first kappa shape index (κ1) is 21.0. The van der Waals surface area contributed by atoms with Crippen molar-refractivity contribution in [3.63, 3.8) is 0 Å². The zero-order valence-corrected chi connectivity index (χ0v) is 15.3. The highest BCUT2D eigenvalue weighted by molar-refractivity contribution is 8.00. The summed E-state index contributed by atoms with van der Waals surface area (Å²) in [5.74, 6) is -0.518. The van der Waals surface area contributed by atoms with Crippen LogP contribution in [0.1, 0.15) is 11.1 Å². The normalized spacial score (nSPS) is 11.3. The van der Waals surface area contributed by atoms with E-state index in [-0.39, 0.29) is 16.6 Å². The molecular formula is C17H14ClF3N2O3S. The topological polar surface area (TPSA) is 72.2 Å². The quantitative estimate of drug-likeness (QED) is 0.401. The number of nitro groups is 1. The van der Waals surface area contributed by atoms with E-state index in [1.165, 1.54) is 0 Å². The summed E-state index contributed by atoms with van der Waals surface area (Å²) in [6.45, 7) is 0.357. The average molecular weight is 419 g/mol. The van der Waals surface area contributed by atoms with Crippen LogP contribution in [0.25, 0.3) is 0 Å². The van der Waals surface area contributed by atoms with Crippen LogP contribution in [0.4, 0.5) is 18.9 Å². The maximum Gasteiger partial charge on any atom is 0.416 e. The summed E-state index contributed by atoms with van der Waals surface area (Å²) in [6, 6.07) is 9.36. The lowest BCUT2D eigenvalue weighted by Crippen LogP contribution is -2.27. The fraction of sp³-hybridized carbons (Fsp3) is 0.235. The molecule has 0 aliphatic carbocycles. The van der Waals surface area contributed by atoms with Crippen molar-refractivity contribution >= 4 is 35.0 Å². The molecule has 0 unspecified atom stereocenters. The Morgan fingerprint density at radius 1 is 1.19 bits per heavy atom. The van der Waals surface area contributed by atoms with Gasteiger partial charge in [-0.3, -0.25) is 14.9 Å². The third kappa shape index (κ3) is 6.44. The maximum atomic E-state index is 12.7. The number of rotatable bonds is 7. The van der Waals surface area contributed by atoms with Gasteiger partial charge in [0.15, 0.2) is 0 Å². The van der Waals surface area contributed by atoms with Gasteiger partial charge in [0.25, 0.3) is 5.69 Å². The summed E-state index contributed by atoms with van der Waals surface area (Å²) < 4.78 is 38.0. The molecular weight excluding hydrogens is 405 g/mol. The van der Waals surface area contributed by atoms with E-state index in [1.807, 2.05) is 12.1 Å². The monoisotopic (exact) mass is 418 g/mol. The van der Waals surface area contributed by atoms with Crippen molar-refractivity contribution in [1.29, 1.82) is 0 Å². The lowest BCUT2D eigenvalue weighted by atomic mass is 10.1. The number of benzene rings is 2. The molecule has 2 rings (SSSR count). The van der Waals surface area contributed by atoms with Crippen molar-refractivity contribution < 1.29 is 22.9 Å². The molecule has 0 fully saturated rings. The Labute approximate surface area is 162 Å². The second-order valence-corrected chi connectivity index (χ2v) is 6.91. The van der Waals surface area contributed by atoms with E-state index in [2.05, 4.69) is 5.32 Å². The van der Waals surface area contributed by atoms with Gasteiger partial charge in [0, 0.05) is 17.6 Å². The van der Waals surface area contributed by atoms with Crippen LogP contribution < -0.4 is 5.32 Å². The largest absolute Gasteiger partial charge is 0.416 e. The fourth-order valence-corrected chi connectivity index (χ4v) is 3.11. The second kappa shape index (κ2) is 9.09. The zero-order chi connectivity index (χ0) is 20.0. The molecule has 0 saturated heterocycles. The van der Waals surface area contributed by atoms with E-state index < -0.39 is 22.4 Å². The third-order valence-corrected chi connectivity index (χ3v) is 4.81. The number of halogens is 4. The lowest BCUT2D eigenvalue weighted by molar-refractivity contribution is -0.388. The van der Waals surface area contributed by atoms with E-state index >= 15 is 0 Å². The Morgan fingerprint density at radius 3 is 2.44 bits per heavy atom. The first-order valence-electron chi connectivity index (χ1n) is 7.66. The number of hydrogen-bond acceptors (Lipinski definition) is 4. The molecule has 2 aromatic carbocycles. The number of carbonyl (C=O) groups excluding carboxylic acids is 1. The summed E-state index contributed by atoms with van der Waals surface area (Å²) >= 11 is 6.59. The Hall–Kier alpha value is -2.26. The van der Waals surface area contributed by atoms with E-state index in [0.717, 1.165) is 29.5 Å². The Kier molecular flexibility index (Phi) is 7.09. The molecule has 0 radical (unpaired) electrons. The fourth-order valence-electron chi connectivity index (χ4n) is 2.15. The van der Waals surface area contributed by atoms with E-state index in [9.17, 15) is 28.1 Å². The van der Waals surface area contributed by atoms with Crippen LogP contribution in [0, 0.1) is 10.1 Å². The van der Waals surface area contributed by atoms with Gasteiger partial charge in [-0.25, -0.2) is 0 Å². The van der Waals surface area contributed by atoms with Crippen LogP contribution in [0.3, 0.4) is 0 Å². The molecule has 10 heteroatoms. The van der Waals surface area contributed by atoms with Crippen LogP contribution >= 0.6 is 23.4 Å². The summed E-state index contributed by atoms with van der Waals surface area (Å²) in [7, 11) is 0. The molecule has 0 bridgehead atoms.